The summed E-state index contributed by atoms with van der Waals surface area (Å²) in [5, 5.41) is 3.95. The Morgan fingerprint density at radius 1 is 1.45 bits per heavy atom. The monoisotopic (exact) mass is 299 g/mol. The van der Waals surface area contributed by atoms with Crippen molar-refractivity contribution < 1.29 is 9.13 Å². The summed E-state index contributed by atoms with van der Waals surface area (Å²) in [6.45, 7) is 4.68. The van der Waals surface area contributed by atoms with Crippen LogP contribution >= 0.6 is 11.6 Å². The predicted molar refractivity (Wildman–Crippen MR) is 80.8 cm³/mol. The quantitative estimate of drug-likeness (QED) is 0.841. The maximum atomic E-state index is 13.6. The van der Waals surface area contributed by atoms with Gasteiger partial charge in [0.2, 0.25) is 0 Å². The van der Waals surface area contributed by atoms with E-state index in [4.69, 9.17) is 16.3 Å². The molecule has 2 nitrogen and oxygen atoms in total. The lowest BCUT2D eigenvalue weighted by molar-refractivity contribution is -0.0837. The van der Waals surface area contributed by atoms with Crippen LogP contribution in [0.3, 0.4) is 0 Å². The highest BCUT2D eigenvalue weighted by atomic mass is 35.5. The zero-order valence-corrected chi connectivity index (χ0v) is 13.2. The molecule has 0 radical (unpaired) electrons. The second-order valence-electron chi connectivity index (χ2n) is 5.68. The highest BCUT2D eigenvalue weighted by Gasteiger charge is 2.39. The van der Waals surface area contributed by atoms with Crippen LogP contribution in [0.2, 0.25) is 5.02 Å². The second kappa shape index (κ2) is 6.42. The number of methoxy groups -OCH3 is 1. The molecule has 1 saturated carbocycles. The Labute approximate surface area is 125 Å². The van der Waals surface area contributed by atoms with E-state index in [1.165, 1.54) is 12.5 Å². The van der Waals surface area contributed by atoms with Gasteiger partial charge in [0.15, 0.2) is 0 Å². The third kappa shape index (κ3) is 3.16. The smallest absolute Gasteiger partial charge is 0.127 e. The van der Waals surface area contributed by atoms with E-state index >= 15 is 0 Å². The topological polar surface area (TPSA) is 21.3 Å². The van der Waals surface area contributed by atoms with Crippen LogP contribution in [-0.4, -0.2) is 19.3 Å². The summed E-state index contributed by atoms with van der Waals surface area (Å²) in [5.41, 5.74) is 1.56. The zero-order chi connectivity index (χ0) is 14.8. The van der Waals surface area contributed by atoms with Crippen LogP contribution < -0.4 is 5.32 Å². The van der Waals surface area contributed by atoms with Gasteiger partial charge in [0, 0.05) is 18.2 Å². The minimum Gasteiger partial charge on any atom is -0.378 e. The maximum Gasteiger partial charge on any atom is 0.127 e. The van der Waals surface area contributed by atoms with Crippen molar-refractivity contribution >= 4 is 11.6 Å². The maximum absolute atomic E-state index is 13.6. The molecule has 1 atom stereocenters. The molecule has 0 amide bonds. The van der Waals surface area contributed by atoms with Crippen LogP contribution in [0.5, 0.6) is 0 Å². The van der Waals surface area contributed by atoms with Gasteiger partial charge in [0.1, 0.15) is 5.82 Å². The highest BCUT2D eigenvalue weighted by molar-refractivity contribution is 6.31. The van der Waals surface area contributed by atoms with Crippen molar-refractivity contribution in [2.45, 2.75) is 51.2 Å². The summed E-state index contributed by atoms with van der Waals surface area (Å²) in [6, 6.07) is 3.37. The number of aryl methyl sites for hydroxylation is 1. The minimum absolute atomic E-state index is 0.0432. The van der Waals surface area contributed by atoms with Gasteiger partial charge in [-0.05, 0) is 56.3 Å². The van der Waals surface area contributed by atoms with Crippen LogP contribution in [0.15, 0.2) is 12.1 Å². The van der Waals surface area contributed by atoms with Gasteiger partial charge in [-0.1, -0.05) is 24.6 Å². The first-order valence-corrected chi connectivity index (χ1v) is 7.63. The van der Waals surface area contributed by atoms with Gasteiger partial charge in [0.25, 0.3) is 0 Å². The molecule has 0 heterocycles. The van der Waals surface area contributed by atoms with E-state index in [-0.39, 0.29) is 17.5 Å². The number of hydrogen-bond donors (Lipinski definition) is 1. The van der Waals surface area contributed by atoms with E-state index < -0.39 is 0 Å². The van der Waals surface area contributed by atoms with Gasteiger partial charge in [0.05, 0.1) is 5.60 Å². The van der Waals surface area contributed by atoms with E-state index in [1.807, 2.05) is 6.07 Å². The normalized spacial score (nSPS) is 18.6. The Hall–Kier alpha value is -0.640. The van der Waals surface area contributed by atoms with Crippen LogP contribution in [0.4, 0.5) is 4.39 Å². The molecule has 1 aliphatic rings. The summed E-state index contributed by atoms with van der Waals surface area (Å²) < 4.78 is 19.3. The van der Waals surface area contributed by atoms with Crippen molar-refractivity contribution in [1.82, 2.24) is 5.32 Å². The number of hydrogen-bond acceptors (Lipinski definition) is 2. The Bertz CT molecular complexity index is 468. The largest absolute Gasteiger partial charge is 0.378 e. The third-order valence-corrected chi connectivity index (χ3v) is 4.71. The zero-order valence-electron chi connectivity index (χ0n) is 12.4. The summed E-state index contributed by atoms with van der Waals surface area (Å²) >= 11 is 6.24. The summed E-state index contributed by atoms with van der Waals surface area (Å²) in [4.78, 5) is 0. The lowest BCUT2D eigenvalue weighted by atomic mass is 9.74. The van der Waals surface area contributed by atoms with Gasteiger partial charge in [-0.15, -0.1) is 0 Å². The first-order valence-electron chi connectivity index (χ1n) is 7.25. The van der Waals surface area contributed by atoms with Crippen LogP contribution in [-0.2, 0) is 4.74 Å². The minimum atomic E-state index is -0.251. The fraction of sp³-hybridized carbons (Fsp3) is 0.625. The van der Waals surface area contributed by atoms with Crippen LogP contribution in [0.25, 0.3) is 0 Å². The number of benzene rings is 1. The lowest BCUT2D eigenvalue weighted by Gasteiger charge is -2.43. The average molecular weight is 300 g/mol. The molecule has 0 aromatic heterocycles. The third-order valence-electron chi connectivity index (χ3n) is 4.38. The fourth-order valence-electron chi connectivity index (χ4n) is 2.92. The van der Waals surface area contributed by atoms with Gasteiger partial charge in [-0.25, -0.2) is 4.39 Å². The molecule has 112 valence electrons. The SMILES string of the molecule is CCNC(CC1(OC)CCC1)c1cc(C)c(F)cc1Cl. The Balaban J connectivity index is 2.26. The van der Waals surface area contributed by atoms with Crippen molar-refractivity contribution in [3.05, 3.63) is 34.1 Å². The molecule has 1 N–H and O–H groups in total. The van der Waals surface area contributed by atoms with E-state index in [2.05, 4.69) is 12.2 Å². The molecule has 1 aromatic carbocycles. The van der Waals surface area contributed by atoms with Crippen LogP contribution in [0.1, 0.15) is 49.8 Å². The Morgan fingerprint density at radius 3 is 2.65 bits per heavy atom. The number of ether oxygens (including phenoxy) is 1. The molecule has 0 bridgehead atoms. The van der Waals surface area contributed by atoms with Crippen molar-refractivity contribution in [1.29, 1.82) is 0 Å². The van der Waals surface area contributed by atoms with E-state index in [0.717, 1.165) is 31.4 Å². The standard InChI is InChI=1S/C16H23ClFNO/c1-4-19-15(10-16(20-3)6-5-7-16)12-8-11(2)14(18)9-13(12)17/h8-9,15,19H,4-7,10H2,1-3H3. The molecule has 1 aromatic rings. The molecular formula is C16H23ClFNO. The molecule has 1 fully saturated rings. The number of halogens is 2. The van der Waals surface area contributed by atoms with Crippen molar-refractivity contribution in [3.8, 4) is 0 Å². The molecular weight excluding hydrogens is 277 g/mol. The van der Waals surface area contributed by atoms with Crippen molar-refractivity contribution in [2.75, 3.05) is 13.7 Å². The summed E-state index contributed by atoms with van der Waals surface area (Å²) in [6.07, 6.45) is 4.26. The predicted octanol–water partition coefficient (Wildman–Crippen LogP) is 4.40. The van der Waals surface area contributed by atoms with Gasteiger partial charge in [-0.2, -0.15) is 0 Å². The molecule has 0 spiro atoms. The molecule has 0 saturated heterocycles. The van der Waals surface area contributed by atoms with Gasteiger partial charge >= 0.3 is 0 Å². The summed E-state index contributed by atoms with van der Waals surface area (Å²) in [7, 11) is 1.78. The molecule has 4 heteroatoms. The fourth-order valence-corrected chi connectivity index (χ4v) is 3.20. The van der Waals surface area contributed by atoms with Crippen molar-refractivity contribution in [3.63, 3.8) is 0 Å². The molecule has 1 unspecified atom stereocenters. The first-order chi connectivity index (χ1) is 9.51. The van der Waals surface area contributed by atoms with E-state index in [0.29, 0.717) is 10.6 Å². The van der Waals surface area contributed by atoms with E-state index in [1.54, 1.807) is 14.0 Å². The average Bonchev–Trinajstić information content (AvgIpc) is 2.37. The van der Waals surface area contributed by atoms with Crippen LogP contribution in [0, 0.1) is 12.7 Å². The first kappa shape index (κ1) is 15.7. The number of rotatable bonds is 6. The Kier molecular flexibility index (Phi) is 5.05. The highest BCUT2D eigenvalue weighted by Crippen LogP contribution is 2.43. The lowest BCUT2D eigenvalue weighted by Crippen LogP contribution is -2.43. The van der Waals surface area contributed by atoms with Gasteiger partial charge < -0.3 is 10.1 Å². The van der Waals surface area contributed by atoms with Gasteiger partial charge in [-0.3, -0.25) is 0 Å². The molecule has 2 rings (SSSR count). The summed E-state index contributed by atoms with van der Waals surface area (Å²) in [5.74, 6) is -0.251. The second-order valence-corrected chi connectivity index (χ2v) is 6.09. The van der Waals surface area contributed by atoms with Crippen molar-refractivity contribution in [2.24, 2.45) is 0 Å². The molecule has 1 aliphatic carbocycles. The molecule has 20 heavy (non-hydrogen) atoms. The Morgan fingerprint density at radius 2 is 2.15 bits per heavy atom. The molecule has 0 aliphatic heterocycles. The van der Waals surface area contributed by atoms with E-state index in [9.17, 15) is 4.39 Å². The number of nitrogens with one attached hydrogen (secondary N) is 1.